The lowest BCUT2D eigenvalue weighted by Crippen LogP contribution is -2.48. The maximum absolute atomic E-state index is 12.6. The summed E-state index contributed by atoms with van der Waals surface area (Å²) in [5.74, 6) is -0.412. The normalized spacial score (nSPS) is 21.0. The maximum Gasteiger partial charge on any atom is 0.338 e. The Bertz CT molecular complexity index is 683. The fourth-order valence-electron chi connectivity index (χ4n) is 2.78. The van der Waals surface area contributed by atoms with Gasteiger partial charge in [-0.3, -0.25) is 4.90 Å². The number of carbonyl (C=O) groups excluding carboxylic acids is 2. The van der Waals surface area contributed by atoms with Crippen molar-refractivity contribution in [3.05, 3.63) is 32.1 Å². The van der Waals surface area contributed by atoms with Gasteiger partial charge in [-0.1, -0.05) is 0 Å². The van der Waals surface area contributed by atoms with Crippen LogP contribution in [0.2, 0.25) is 0 Å². The van der Waals surface area contributed by atoms with Crippen molar-refractivity contribution < 1.29 is 19.1 Å². The van der Waals surface area contributed by atoms with Gasteiger partial charge in [0.15, 0.2) is 0 Å². The van der Waals surface area contributed by atoms with Crippen LogP contribution in [0, 0.1) is 0 Å². The van der Waals surface area contributed by atoms with Crippen LogP contribution in [0.4, 0.5) is 4.79 Å². The second-order valence-corrected chi connectivity index (χ2v) is 7.64. The number of thiophene rings is 1. The van der Waals surface area contributed by atoms with Crippen molar-refractivity contribution in [3.63, 3.8) is 0 Å². The molecular formula is C16H19BrN2O4S. The Morgan fingerprint density at radius 1 is 1.46 bits per heavy atom. The molecule has 2 heterocycles. The molecule has 1 unspecified atom stereocenters. The van der Waals surface area contributed by atoms with Crippen LogP contribution in [0.5, 0.6) is 0 Å². The highest BCUT2D eigenvalue weighted by Gasteiger charge is 2.42. The first-order valence-corrected chi connectivity index (χ1v) is 9.40. The van der Waals surface area contributed by atoms with Crippen molar-refractivity contribution in [3.8, 4) is 0 Å². The summed E-state index contributed by atoms with van der Waals surface area (Å²) in [7, 11) is 1.56. The van der Waals surface area contributed by atoms with Gasteiger partial charge in [0.25, 0.3) is 0 Å². The van der Waals surface area contributed by atoms with Crippen molar-refractivity contribution in [2.24, 2.45) is 0 Å². The van der Waals surface area contributed by atoms with E-state index in [4.69, 9.17) is 9.47 Å². The maximum atomic E-state index is 12.6. The Kier molecular flexibility index (Phi) is 5.27. The number of nitrogens with zero attached hydrogens (tertiary/aromatic N) is 1. The number of halogens is 1. The molecule has 1 N–H and O–H groups in total. The summed E-state index contributed by atoms with van der Waals surface area (Å²) in [4.78, 5) is 27.7. The smallest absolute Gasteiger partial charge is 0.338 e. The first kappa shape index (κ1) is 17.4. The van der Waals surface area contributed by atoms with Crippen LogP contribution >= 0.6 is 27.3 Å². The summed E-state index contributed by atoms with van der Waals surface area (Å²) in [5, 5.41) is 4.88. The Morgan fingerprint density at radius 2 is 2.21 bits per heavy atom. The van der Waals surface area contributed by atoms with E-state index in [1.807, 2.05) is 18.4 Å². The van der Waals surface area contributed by atoms with Crippen molar-refractivity contribution in [2.45, 2.75) is 31.8 Å². The third kappa shape index (κ3) is 3.50. The monoisotopic (exact) mass is 414 g/mol. The molecule has 1 saturated carbocycles. The van der Waals surface area contributed by atoms with Crippen molar-refractivity contribution >= 4 is 39.3 Å². The molecule has 0 bridgehead atoms. The van der Waals surface area contributed by atoms with Crippen LogP contribution in [-0.2, 0) is 14.3 Å². The van der Waals surface area contributed by atoms with Crippen LogP contribution in [0.1, 0.15) is 30.7 Å². The molecule has 1 aromatic heterocycles. The SMILES string of the molecule is COCCOC(=O)C1=C(C)N(C2CC2)C(=O)NC1c1cc(Br)cs1. The van der Waals surface area contributed by atoms with Gasteiger partial charge in [-0.15, -0.1) is 11.3 Å². The van der Waals surface area contributed by atoms with E-state index in [1.54, 1.807) is 12.0 Å². The summed E-state index contributed by atoms with van der Waals surface area (Å²) in [6.45, 7) is 2.34. The number of allylic oxidation sites excluding steroid dienone is 1. The predicted octanol–water partition coefficient (Wildman–Crippen LogP) is 3.20. The minimum atomic E-state index is -0.487. The Hall–Kier alpha value is -1.38. The van der Waals surface area contributed by atoms with Gasteiger partial charge in [-0.2, -0.15) is 0 Å². The molecule has 1 aliphatic heterocycles. The average molecular weight is 415 g/mol. The third-order valence-corrected chi connectivity index (χ3v) is 5.81. The number of methoxy groups -OCH3 is 1. The van der Waals surface area contributed by atoms with Crippen LogP contribution in [0.25, 0.3) is 0 Å². The van der Waals surface area contributed by atoms with Gasteiger partial charge >= 0.3 is 12.0 Å². The van der Waals surface area contributed by atoms with Crippen LogP contribution in [0.3, 0.4) is 0 Å². The van der Waals surface area contributed by atoms with Crippen molar-refractivity contribution in [1.29, 1.82) is 0 Å². The number of hydrogen-bond donors (Lipinski definition) is 1. The Balaban J connectivity index is 1.94. The molecule has 0 aromatic carbocycles. The van der Waals surface area contributed by atoms with Gasteiger partial charge in [0.05, 0.1) is 18.2 Å². The molecule has 130 valence electrons. The number of carbonyl (C=O) groups is 2. The summed E-state index contributed by atoms with van der Waals surface area (Å²) in [6.07, 6.45) is 1.93. The van der Waals surface area contributed by atoms with E-state index >= 15 is 0 Å². The molecule has 0 radical (unpaired) electrons. The largest absolute Gasteiger partial charge is 0.460 e. The van der Waals surface area contributed by atoms with E-state index in [-0.39, 0.29) is 18.7 Å². The molecule has 1 aliphatic carbocycles. The quantitative estimate of drug-likeness (QED) is 0.573. The second kappa shape index (κ2) is 7.25. The first-order valence-electron chi connectivity index (χ1n) is 7.73. The first-order chi connectivity index (χ1) is 11.5. The van der Waals surface area contributed by atoms with E-state index in [9.17, 15) is 9.59 Å². The molecule has 3 rings (SSSR count). The fraction of sp³-hybridized carbons (Fsp3) is 0.500. The molecule has 0 spiro atoms. The predicted molar refractivity (Wildman–Crippen MR) is 93.7 cm³/mol. The summed E-state index contributed by atoms with van der Waals surface area (Å²) in [6, 6.07) is 1.46. The van der Waals surface area contributed by atoms with Gasteiger partial charge < -0.3 is 14.8 Å². The van der Waals surface area contributed by atoms with Crippen molar-refractivity contribution in [1.82, 2.24) is 10.2 Å². The lowest BCUT2D eigenvalue weighted by atomic mass is 10.0. The minimum Gasteiger partial charge on any atom is -0.460 e. The van der Waals surface area contributed by atoms with Gasteiger partial charge in [-0.05, 0) is 41.8 Å². The van der Waals surface area contributed by atoms with Gasteiger partial charge in [0.2, 0.25) is 0 Å². The van der Waals surface area contributed by atoms with E-state index in [0.29, 0.717) is 17.9 Å². The highest BCUT2D eigenvalue weighted by Crippen LogP contribution is 2.39. The van der Waals surface area contributed by atoms with Gasteiger partial charge in [0.1, 0.15) is 6.61 Å². The molecule has 24 heavy (non-hydrogen) atoms. The van der Waals surface area contributed by atoms with E-state index in [1.165, 1.54) is 11.3 Å². The van der Waals surface area contributed by atoms with Crippen LogP contribution < -0.4 is 5.32 Å². The zero-order valence-electron chi connectivity index (χ0n) is 13.5. The summed E-state index contributed by atoms with van der Waals surface area (Å²) < 4.78 is 11.2. The Labute approximate surface area is 152 Å². The summed E-state index contributed by atoms with van der Waals surface area (Å²) in [5.41, 5.74) is 1.17. The molecular weight excluding hydrogens is 396 g/mol. The highest BCUT2D eigenvalue weighted by molar-refractivity contribution is 9.10. The number of rotatable bonds is 6. The molecule has 2 amide bonds. The number of amides is 2. The fourth-order valence-corrected chi connectivity index (χ4v) is 4.29. The number of nitrogens with one attached hydrogen (secondary N) is 1. The second-order valence-electron chi connectivity index (χ2n) is 5.78. The van der Waals surface area contributed by atoms with Gasteiger partial charge in [-0.25, -0.2) is 9.59 Å². The Morgan fingerprint density at radius 3 is 2.79 bits per heavy atom. The number of hydrogen-bond acceptors (Lipinski definition) is 5. The average Bonchev–Trinajstić information content (AvgIpc) is 3.27. The zero-order valence-corrected chi connectivity index (χ0v) is 15.9. The summed E-state index contributed by atoms with van der Waals surface area (Å²) >= 11 is 4.91. The van der Waals surface area contributed by atoms with Crippen LogP contribution in [0.15, 0.2) is 27.2 Å². The van der Waals surface area contributed by atoms with Crippen LogP contribution in [-0.4, -0.2) is 43.3 Å². The minimum absolute atomic E-state index is 0.155. The molecule has 1 aromatic rings. The number of ether oxygens (including phenoxy) is 2. The van der Waals surface area contributed by atoms with E-state index < -0.39 is 12.0 Å². The number of urea groups is 1. The molecule has 1 fully saturated rings. The lowest BCUT2D eigenvalue weighted by molar-refractivity contribution is -0.140. The zero-order chi connectivity index (χ0) is 17.3. The van der Waals surface area contributed by atoms with E-state index in [0.717, 1.165) is 22.2 Å². The highest BCUT2D eigenvalue weighted by atomic mass is 79.9. The molecule has 1 atom stereocenters. The molecule has 8 heteroatoms. The third-order valence-electron chi connectivity index (χ3n) is 4.05. The number of esters is 1. The van der Waals surface area contributed by atoms with E-state index in [2.05, 4.69) is 21.2 Å². The standard InChI is InChI=1S/C16H19BrN2O4S/c1-9-13(15(20)23-6-5-22-2)14(12-7-10(17)8-24-12)18-16(21)19(9)11-3-4-11/h7-8,11,14H,3-6H2,1-2H3,(H,18,21). The van der Waals surface area contributed by atoms with Crippen molar-refractivity contribution in [2.75, 3.05) is 20.3 Å². The molecule has 2 aliphatic rings. The lowest BCUT2D eigenvalue weighted by Gasteiger charge is -2.35. The van der Waals surface area contributed by atoms with Gasteiger partial charge in [0, 0.05) is 33.6 Å². The topological polar surface area (TPSA) is 67.9 Å². The molecule has 6 nitrogen and oxygen atoms in total. The molecule has 0 saturated heterocycles.